The topological polar surface area (TPSA) is 58.2 Å². The van der Waals surface area contributed by atoms with E-state index in [0.717, 1.165) is 17.0 Å². The molecule has 1 aromatic carbocycles. The van der Waals surface area contributed by atoms with Gasteiger partial charge in [0, 0.05) is 23.6 Å². The molecule has 1 atom stereocenters. The second kappa shape index (κ2) is 6.10. The fourth-order valence-corrected chi connectivity index (χ4v) is 2.83. The lowest BCUT2D eigenvalue weighted by molar-refractivity contribution is -0.125. The van der Waals surface area contributed by atoms with Crippen LogP contribution >= 0.6 is 11.8 Å². The second-order valence-electron chi connectivity index (χ2n) is 4.73. The Morgan fingerprint density at radius 1 is 1.37 bits per heavy atom. The van der Waals surface area contributed by atoms with E-state index in [2.05, 4.69) is 10.6 Å². The molecule has 5 heteroatoms. The standard InChI is InChI=1S/C14H18N2O2S/c1-9-3-4-11(7-10(9)2)15-14(18)12-8-19-6-5-13(17)16-12/h3-4,7,12H,5-6,8H2,1-2H3,(H,15,18)(H,16,17). The third-order valence-electron chi connectivity index (χ3n) is 3.18. The van der Waals surface area contributed by atoms with Gasteiger partial charge in [0.2, 0.25) is 11.8 Å². The van der Waals surface area contributed by atoms with Crippen molar-refractivity contribution in [3.63, 3.8) is 0 Å². The van der Waals surface area contributed by atoms with E-state index in [4.69, 9.17) is 0 Å². The molecule has 1 heterocycles. The number of hydrogen-bond donors (Lipinski definition) is 2. The molecule has 2 N–H and O–H groups in total. The fraction of sp³-hybridized carbons (Fsp3) is 0.429. The van der Waals surface area contributed by atoms with Crippen LogP contribution in [0.3, 0.4) is 0 Å². The highest BCUT2D eigenvalue weighted by Gasteiger charge is 2.23. The number of aryl methyl sites for hydroxylation is 2. The highest BCUT2D eigenvalue weighted by atomic mass is 32.2. The Labute approximate surface area is 117 Å². The summed E-state index contributed by atoms with van der Waals surface area (Å²) in [7, 11) is 0. The van der Waals surface area contributed by atoms with Gasteiger partial charge in [0.25, 0.3) is 0 Å². The molecule has 2 rings (SSSR count). The number of rotatable bonds is 2. The monoisotopic (exact) mass is 278 g/mol. The minimum atomic E-state index is -0.443. The molecule has 0 saturated carbocycles. The maximum Gasteiger partial charge on any atom is 0.247 e. The molecule has 1 fully saturated rings. The molecular weight excluding hydrogens is 260 g/mol. The second-order valence-corrected chi connectivity index (χ2v) is 5.88. The van der Waals surface area contributed by atoms with Crippen molar-refractivity contribution in [3.05, 3.63) is 29.3 Å². The lowest BCUT2D eigenvalue weighted by Gasteiger charge is -2.15. The summed E-state index contributed by atoms with van der Waals surface area (Å²) in [6.45, 7) is 4.04. The predicted molar refractivity (Wildman–Crippen MR) is 78.4 cm³/mol. The van der Waals surface area contributed by atoms with Gasteiger partial charge in [0.15, 0.2) is 0 Å². The van der Waals surface area contributed by atoms with Crippen molar-refractivity contribution in [1.29, 1.82) is 0 Å². The van der Waals surface area contributed by atoms with Crippen LogP contribution in [0.5, 0.6) is 0 Å². The van der Waals surface area contributed by atoms with Gasteiger partial charge in [0.1, 0.15) is 6.04 Å². The van der Waals surface area contributed by atoms with Gasteiger partial charge in [-0.1, -0.05) is 6.07 Å². The van der Waals surface area contributed by atoms with Crippen molar-refractivity contribution in [2.24, 2.45) is 0 Å². The maximum atomic E-state index is 12.1. The van der Waals surface area contributed by atoms with Gasteiger partial charge >= 0.3 is 0 Å². The van der Waals surface area contributed by atoms with Crippen molar-refractivity contribution in [2.45, 2.75) is 26.3 Å². The van der Waals surface area contributed by atoms with Crippen LogP contribution in [0, 0.1) is 13.8 Å². The third kappa shape index (κ3) is 3.73. The first-order chi connectivity index (χ1) is 9.06. The predicted octanol–water partition coefficient (Wildman–Crippen LogP) is 1.86. The zero-order valence-electron chi connectivity index (χ0n) is 11.2. The number of thioether (sulfide) groups is 1. The smallest absolute Gasteiger partial charge is 0.247 e. The Morgan fingerprint density at radius 2 is 2.16 bits per heavy atom. The average molecular weight is 278 g/mol. The van der Waals surface area contributed by atoms with Gasteiger partial charge in [0.05, 0.1) is 0 Å². The number of nitrogens with one attached hydrogen (secondary N) is 2. The summed E-state index contributed by atoms with van der Waals surface area (Å²) in [5, 5.41) is 5.61. The van der Waals surface area contributed by atoms with Crippen LogP contribution in [0.15, 0.2) is 18.2 Å². The molecule has 0 radical (unpaired) electrons. The van der Waals surface area contributed by atoms with Crippen LogP contribution in [0.2, 0.25) is 0 Å². The maximum absolute atomic E-state index is 12.1. The third-order valence-corrected chi connectivity index (χ3v) is 4.25. The molecule has 4 nitrogen and oxygen atoms in total. The number of hydrogen-bond acceptors (Lipinski definition) is 3. The van der Waals surface area contributed by atoms with E-state index < -0.39 is 6.04 Å². The van der Waals surface area contributed by atoms with E-state index in [9.17, 15) is 9.59 Å². The van der Waals surface area contributed by atoms with E-state index in [1.807, 2.05) is 32.0 Å². The molecule has 1 unspecified atom stereocenters. The van der Waals surface area contributed by atoms with Crippen molar-refractivity contribution in [3.8, 4) is 0 Å². The molecule has 0 spiro atoms. The van der Waals surface area contributed by atoms with Crippen molar-refractivity contribution in [2.75, 3.05) is 16.8 Å². The van der Waals surface area contributed by atoms with Crippen LogP contribution in [-0.4, -0.2) is 29.4 Å². The zero-order valence-corrected chi connectivity index (χ0v) is 12.0. The van der Waals surface area contributed by atoms with E-state index in [-0.39, 0.29) is 11.8 Å². The molecule has 1 aromatic rings. The molecule has 1 saturated heterocycles. The SMILES string of the molecule is Cc1ccc(NC(=O)C2CSCCC(=O)N2)cc1C. The van der Waals surface area contributed by atoms with Gasteiger partial charge in [-0.05, 0) is 37.1 Å². The Morgan fingerprint density at radius 3 is 2.89 bits per heavy atom. The first kappa shape index (κ1) is 13.9. The minimum Gasteiger partial charge on any atom is -0.343 e. The van der Waals surface area contributed by atoms with Crippen LogP contribution in [0.25, 0.3) is 0 Å². The van der Waals surface area contributed by atoms with E-state index in [0.29, 0.717) is 12.2 Å². The number of carbonyl (C=O) groups excluding carboxylic acids is 2. The van der Waals surface area contributed by atoms with E-state index in [1.165, 1.54) is 5.56 Å². The molecular formula is C14H18N2O2S. The van der Waals surface area contributed by atoms with Crippen LogP contribution in [0.4, 0.5) is 5.69 Å². The molecule has 0 aliphatic carbocycles. The summed E-state index contributed by atoms with van der Waals surface area (Å²) >= 11 is 1.63. The Kier molecular flexibility index (Phi) is 4.47. The molecule has 19 heavy (non-hydrogen) atoms. The Balaban J connectivity index is 2.03. The summed E-state index contributed by atoms with van der Waals surface area (Å²) in [4.78, 5) is 23.6. The molecule has 1 aliphatic rings. The van der Waals surface area contributed by atoms with Gasteiger partial charge < -0.3 is 10.6 Å². The summed E-state index contributed by atoms with van der Waals surface area (Å²) < 4.78 is 0. The highest BCUT2D eigenvalue weighted by molar-refractivity contribution is 7.99. The first-order valence-corrected chi connectivity index (χ1v) is 7.47. The first-order valence-electron chi connectivity index (χ1n) is 6.31. The number of benzene rings is 1. The molecule has 0 bridgehead atoms. The fourth-order valence-electron chi connectivity index (χ4n) is 1.86. The Hall–Kier alpha value is -1.49. The van der Waals surface area contributed by atoms with Gasteiger partial charge in [-0.3, -0.25) is 9.59 Å². The van der Waals surface area contributed by atoms with E-state index >= 15 is 0 Å². The lowest BCUT2D eigenvalue weighted by atomic mass is 10.1. The minimum absolute atomic E-state index is 0.0507. The summed E-state index contributed by atoms with van der Waals surface area (Å²) in [6, 6.07) is 5.36. The summed E-state index contributed by atoms with van der Waals surface area (Å²) in [6.07, 6.45) is 0.484. The normalized spacial score (nSPS) is 19.5. The van der Waals surface area contributed by atoms with Gasteiger partial charge in [-0.2, -0.15) is 11.8 Å². The molecule has 0 aromatic heterocycles. The van der Waals surface area contributed by atoms with E-state index in [1.54, 1.807) is 11.8 Å². The molecule has 102 valence electrons. The van der Waals surface area contributed by atoms with Gasteiger partial charge in [-0.25, -0.2) is 0 Å². The van der Waals surface area contributed by atoms with Crippen LogP contribution in [0.1, 0.15) is 17.5 Å². The highest BCUT2D eigenvalue weighted by Crippen LogP contribution is 2.16. The number of anilines is 1. The quantitative estimate of drug-likeness (QED) is 0.868. The largest absolute Gasteiger partial charge is 0.343 e. The number of amides is 2. The number of carbonyl (C=O) groups is 2. The zero-order chi connectivity index (χ0) is 13.8. The summed E-state index contributed by atoms with van der Waals surface area (Å²) in [5.41, 5.74) is 3.10. The van der Waals surface area contributed by atoms with Crippen LogP contribution in [-0.2, 0) is 9.59 Å². The lowest BCUT2D eigenvalue weighted by Crippen LogP contribution is -2.44. The summed E-state index contributed by atoms with van der Waals surface area (Å²) in [5.74, 6) is 1.21. The Bertz CT molecular complexity index is 502. The van der Waals surface area contributed by atoms with Gasteiger partial charge in [-0.15, -0.1) is 0 Å². The molecule has 2 amide bonds. The van der Waals surface area contributed by atoms with Crippen molar-refractivity contribution in [1.82, 2.24) is 5.32 Å². The average Bonchev–Trinajstić information content (AvgIpc) is 2.58. The van der Waals surface area contributed by atoms with Crippen molar-refractivity contribution < 1.29 is 9.59 Å². The molecule has 1 aliphatic heterocycles. The van der Waals surface area contributed by atoms with Crippen LogP contribution < -0.4 is 10.6 Å². The van der Waals surface area contributed by atoms with Crippen molar-refractivity contribution >= 4 is 29.3 Å².